The third-order valence-electron chi connectivity index (χ3n) is 1.97. The number of H-pyrrole nitrogens is 1. The lowest BCUT2D eigenvalue weighted by molar-refractivity contribution is -0.401. The molecule has 0 bridgehead atoms. The average molecular weight is 222 g/mol. The summed E-state index contributed by atoms with van der Waals surface area (Å²) >= 11 is 0. The zero-order chi connectivity index (χ0) is 11.5. The van der Waals surface area contributed by atoms with Crippen LogP contribution in [0.4, 0.5) is 5.88 Å². The summed E-state index contributed by atoms with van der Waals surface area (Å²) in [5.41, 5.74) is 0.951. The molecule has 0 aliphatic carbocycles. The molecule has 0 saturated carbocycles. The van der Waals surface area contributed by atoms with Gasteiger partial charge in [0.15, 0.2) is 5.76 Å². The molecule has 0 aliphatic rings. The number of hydrogen-bond donors (Lipinski definition) is 1. The third kappa shape index (κ3) is 1.67. The molecule has 82 valence electrons. The molecule has 2 aromatic rings. The van der Waals surface area contributed by atoms with Crippen LogP contribution in [-0.2, 0) is 6.54 Å². The summed E-state index contributed by atoms with van der Waals surface area (Å²) < 4.78 is 4.96. The molecule has 0 saturated heterocycles. The molecule has 2 heterocycles. The van der Waals surface area contributed by atoms with Crippen molar-refractivity contribution in [1.29, 1.82) is 0 Å². The molecule has 8 heteroatoms. The Bertz CT molecular complexity index is 530. The molecule has 0 atom stereocenters. The summed E-state index contributed by atoms with van der Waals surface area (Å²) in [6, 6.07) is 2.66. The Morgan fingerprint density at radius 3 is 3.00 bits per heavy atom. The van der Waals surface area contributed by atoms with Gasteiger partial charge in [-0.25, -0.2) is 0 Å². The second kappa shape index (κ2) is 3.93. The number of nitrogens with zero attached hydrogens (tertiary/aromatic N) is 3. The van der Waals surface area contributed by atoms with E-state index in [-0.39, 0.29) is 18.2 Å². The molecular weight excluding hydrogens is 216 g/mol. The molecule has 0 spiro atoms. The Morgan fingerprint density at radius 1 is 1.56 bits per heavy atom. The van der Waals surface area contributed by atoms with Crippen LogP contribution < -0.4 is 0 Å². The molecule has 0 radical (unpaired) electrons. The van der Waals surface area contributed by atoms with Crippen LogP contribution in [0.3, 0.4) is 0 Å². The van der Waals surface area contributed by atoms with Gasteiger partial charge in [0.05, 0.1) is 12.3 Å². The monoisotopic (exact) mass is 222 g/mol. The minimum Gasteiger partial charge on any atom is -0.399 e. The molecule has 0 aliphatic heterocycles. The van der Waals surface area contributed by atoms with E-state index in [9.17, 15) is 15.0 Å². The minimum atomic E-state index is -0.641. The van der Waals surface area contributed by atoms with E-state index in [0.717, 1.165) is 0 Å². The second-order valence-electron chi connectivity index (χ2n) is 2.95. The van der Waals surface area contributed by atoms with Gasteiger partial charge in [-0.2, -0.15) is 10.0 Å². The van der Waals surface area contributed by atoms with Gasteiger partial charge in [-0.1, -0.05) is 5.18 Å². The smallest absolute Gasteiger partial charge is 0.399 e. The van der Waals surface area contributed by atoms with Crippen LogP contribution in [0.1, 0.15) is 5.56 Å². The predicted octanol–water partition coefficient (Wildman–Crippen LogP) is 1.84. The predicted molar refractivity (Wildman–Crippen MR) is 52.4 cm³/mol. The molecule has 8 nitrogen and oxygen atoms in total. The Kier molecular flexibility index (Phi) is 2.46. The number of aromatic nitrogens is 2. The van der Waals surface area contributed by atoms with Crippen molar-refractivity contribution < 1.29 is 9.34 Å². The first-order chi connectivity index (χ1) is 7.72. The first-order valence-electron chi connectivity index (χ1n) is 4.28. The highest BCUT2D eigenvalue weighted by molar-refractivity contribution is 5.57. The van der Waals surface area contributed by atoms with Crippen molar-refractivity contribution >= 4 is 5.88 Å². The van der Waals surface area contributed by atoms with Gasteiger partial charge in [0, 0.05) is 5.56 Å². The van der Waals surface area contributed by atoms with Gasteiger partial charge in [0.2, 0.25) is 0 Å². The number of nitrogens with one attached hydrogen (secondary N) is 1. The van der Waals surface area contributed by atoms with E-state index in [4.69, 9.17) is 4.42 Å². The van der Waals surface area contributed by atoms with Crippen LogP contribution in [0, 0.1) is 15.0 Å². The molecule has 16 heavy (non-hydrogen) atoms. The van der Waals surface area contributed by atoms with E-state index in [2.05, 4.69) is 15.4 Å². The van der Waals surface area contributed by atoms with Crippen LogP contribution in [0.25, 0.3) is 11.5 Å². The van der Waals surface area contributed by atoms with Crippen molar-refractivity contribution in [1.82, 2.24) is 10.2 Å². The first-order valence-corrected chi connectivity index (χ1v) is 4.28. The van der Waals surface area contributed by atoms with Crippen molar-refractivity contribution in [3.8, 4) is 11.5 Å². The highest BCUT2D eigenvalue weighted by Crippen LogP contribution is 2.27. The van der Waals surface area contributed by atoms with Crippen molar-refractivity contribution in [2.24, 2.45) is 5.18 Å². The fourth-order valence-corrected chi connectivity index (χ4v) is 1.27. The maximum atomic E-state index is 10.4. The van der Waals surface area contributed by atoms with Crippen molar-refractivity contribution in [2.45, 2.75) is 6.54 Å². The Balaban J connectivity index is 2.38. The lowest BCUT2D eigenvalue weighted by Gasteiger charge is -1.93. The number of nitroso groups, excluding NO2 is 1. The van der Waals surface area contributed by atoms with Crippen LogP contribution in [0.15, 0.2) is 27.9 Å². The Labute approximate surface area is 88.4 Å². The summed E-state index contributed by atoms with van der Waals surface area (Å²) in [4.78, 5) is 19.9. The normalized spacial score (nSPS) is 10.2. The molecule has 2 rings (SSSR count). The van der Waals surface area contributed by atoms with Crippen molar-refractivity contribution in [2.75, 3.05) is 0 Å². The minimum absolute atomic E-state index is 0.0691. The van der Waals surface area contributed by atoms with Gasteiger partial charge in [-0.3, -0.25) is 15.2 Å². The molecule has 1 N–H and O–H groups in total. The van der Waals surface area contributed by atoms with Gasteiger partial charge in [0.25, 0.3) is 0 Å². The maximum Gasteiger partial charge on any atom is 0.433 e. The molecule has 2 aromatic heterocycles. The maximum absolute atomic E-state index is 10.4. The van der Waals surface area contributed by atoms with Gasteiger partial charge in [-0.15, -0.1) is 0 Å². The second-order valence-corrected chi connectivity index (χ2v) is 2.95. The lowest BCUT2D eigenvalue weighted by Crippen LogP contribution is -1.84. The van der Waals surface area contributed by atoms with Gasteiger partial charge >= 0.3 is 5.88 Å². The summed E-state index contributed by atoms with van der Waals surface area (Å²) in [6.07, 6.45) is 1.42. The van der Waals surface area contributed by atoms with E-state index < -0.39 is 4.92 Å². The topological polar surface area (TPSA) is 114 Å². The van der Waals surface area contributed by atoms with E-state index >= 15 is 0 Å². The van der Waals surface area contributed by atoms with E-state index in [1.807, 2.05) is 0 Å². The number of furan rings is 1. The summed E-state index contributed by atoms with van der Waals surface area (Å²) in [5, 5.41) is 19.4. The largest absolute Gasteiger partial charge is 0.433 e. The number of hydrogen-bond acceptors (Lipinski definition) is 6. The van der Waals surface area contributed by atoms with E-state index in [1.165, 1.54) is 18.3 Å². The zero-order valence-corrected chi connectivity index (χ0v) is 7.91. The highest BCUT2D eigenvalue weighted by Gasteiger charge is 2.16. The highest BCUT2D eigenvalue weighted by atomic mass is 16.6. The first kappa shape index (κ1) is 10.0. The van der Waals surface area contributed by atoms with Gasteiger partial charge in [-0.05, 0) is 6.07 Å². The fourth-order valence-electron chi connectivity index (χ4n) is 1.27. The summed E-state index contributed by atoms with van der Waals surface area (Å²) in [5.74, 6) is -0.113. The fraction of sp³-hybridized carbons (Fsp3) is 0.125. The van der Waals surface area contributed by atoms with Crippen LogP contribution in [0.2, 0.25) is 0 Å². The summed E-state index contributed by atoms with van der Waals surface area (Å²) in [7, 11) is 0. The summed E-state index contributed by atoms with van der Waals surface area (Å²) in [6.45, 7) is -0.0691. The SMILES string of the molecule is O=NCc1cn[nH]c1-c1ccc([N+](=O)[O-])o1. The van der Waals surface area contributed by atoms with E-state index in [1.54, 1.807) is 0 Å². The lowest BCUT2D eigenvalue weighted by atomic mass is 10.2. The average Bonchev–Trinajstić information content (AvgIpc) is 2.84. The number of aromatic amines is 1. The quantitative estimate of drug-likeness (QED) is 0.481. The molecular formula is C8H6N4O4. The number of nitro groups is 1. The molecule has 0 amide bonds. The Hall–Kier alpha value is -2.51. The molecule has 0 fully saturated rings. The van der Waals surface area contributed by atoms with Crippen molar-refractivity contribution in [3.63, 3.8) is 0 Å². The van der Waals surface area contributed by atoms with Gasteiger partial charge in [0.1, 0.15) is 17.2 Å². The Morgan fingerprint density at radius 2 is 2.38 bits per heavy atom. The zero-order valence-electron chi connectivity index (χ0n) is 7.91. The molecule has 0 aromatic carbocycles. The van der Waals surface area contributed by atoms with Crippen LogP contribution >= 0.6 is 0 Å². The van der Waals surface area contributed by atoms with Crippen LogP contribution in [0.5, 0.6) is 0 Å². The van der Waals surface area contributed by atoms with Crippen molar-refractivity contribution in [3.05, 3.63) is 38.9 Å². The van der Waals surface area contributed by atoms with E-state index in [0.29, 0.717) is 11.3 Å². The molecule has 0 unspecified atom stereocenters. The van der Waals surface area contributed by atoms with Crippen LogP contribution in [-0.4, -0.2) is 15.1 Å². The van der Waals surface area contributed by atoms with Gasteiger partial charge < -0.3 is 4.42 Å². The number of rotatable bonds is 4. The third-order valence-corrected chi connectivity index (χ3v) is 1.97. The standard InChI is InChI=1S/C8H6N4O4/c13-10-4-5-3-9-11-8(5)6-1-2-7(16-6)12(14)15/h1-3H,4H2,(H,9,11).